The van der Waals surface area contributed by atoms with Gasteiger partial charge in [-0.2, -0.15) is 11.3 Å². The molecule has 0 N–H and O–H groups in total. The van der Waals surface area contributed by atoms with Gasteiger partial charge in [-0.15, -0.1) is 0 Å². The molecule has 0 saturated heterocycles. The number of oxazole rings is 1. The summed E-state index contributed by atoms with van der Waals surface area (Å²) >= 11 is 1.45. The Labute approximate surface area is 131 Å². The highest BCUT2D eigenvalue weighted by Crippen LogP contribution is 2.22. The molecule has 0 radical (unpaired) electrons. The second-order valence-corrected chi connectivity index (χ2v) is 5.24. The summed E-state index contributed by atoms with van der Waals surface area (Å²) in [6.07, 6.45) is 1.49. The van der Waals surface area contributed by atoms with E-state index in [2.05, 4.69) is 4.98 Å². The Morgan fingerprint density at radius 1 is 1.27 bits per heavy atom. The standard InChI is InChI=1S/C16H13NO4S/c1-19-14-4-2-11(3-5-14)15-17-13(8-20-15)9-21-16(18)12-6-7-22-10-12/h2-8,10H,9H2,1H3. The minimum Gasteiger partial charge on any atom is -0.497 e. The van der Waals surface area contributed by atoms with Crippen molar-refractivity contribution in [3.8, 4) is 17.2 Å². The third-order valence-corrected chi connectivity index (χ3v) is 3.68. The zero-order valence-corrected chi connectivity index (χ0v) is 12.6. The number of hydrogen-bond donors (Lipinski definition) is 0. The lowest BCUT2D eigenvalue weighted by atomic mass is 10.2. The topological polar surface area (TPSA) is 61.6 Å². The second kappa shape index (κ2) is 6.44. The molecule has 0 aliphatic carbocycles. The molecule has 6 heteroatoms. The largest absolute Gasteiger partial charge is 0.497 e. The first-order valence-corrected chi connectivity index (χ1v) is 7.48. The average Bonchev–Trinajstić information content (AvgIpc) is 3.24. The summed E-state index contributed by atoms with van der Waals surface area (Å²) in [6, 6.07) is 9.09. The van der Waals surface area contributed by atoms with Crippen molar-refractivity contribution >= 4 is 17.3 Å². The van der Waals surface area contributed by atoms with Crippen molar-refractivity contribution in [1.82, 2.24) is 4.98 Å². The Morgan fingerprint density at radius 3 is 2.77 bits per heavy atom. The monoisotopic (exact) mass is 315 g/mol. The second-order valence-electron chi connectivity index (χ2n) is 4.46. The molecule has 0 aliphatic heterocycles. The third-order valence-electron chi connectivity index (χ3n) is 3.00. The Bertz CT molecular complexity index is 747. The van der Waals surface area contributed by atoms with Crippen molar-refractivity contribution in [3.05, 3.63) is 58.6 Å². The highest BCUT2D eigenvalue weighted by molar-refractivity contribution is 7.08. The van der Waals surface area contributed by atoms with Crippen molar-refractivity contribution < 1.29 is 18.7 Å². The number of esters is 1. The molecule has 1 aromatic carbocycles. The summed E-state index contributed by atoms with van der Waals surface area (Å²) in [5, 5.41) is 3.57. The number of aromatic nitrogens is 1. The van der Waals surface area contributed by atoms with Crippen LogP contribution in [0.1, 0.15) is 16.1 Å². The van der Waals surface area contributed by atoms with E-state index in [-0.39, 0.29) is 12.6 Å². The van der Waals surface area contributed by atoms with Crippen molar-refractivity contribution in [2.75, 3.05) is 7.11 Å². The van der Waals surface area contributed by atoms with Gasteiger partial charge in [-0.05, 0) is 35.7 Å². The van der Waals surface area contributed by atoms with Crippen LogP contribution in [0.3, 0.4) is 0 Å². The molecule has 2 heterocycles. The zero-order chi connectivity index (χ0) is 15.4. The van der Waals surface area contributed by atoms with E-state index in [0.717, 1.165) is 11.3 Å². The van der Waals surface area contributed by atoms with Crippen LogP contribution in [0.4, 0.5) is 0 Å². The number of carbonyl (C=O) groups excluding carboxylic acids is 1. The van der Waals surface area contributed by atoms with Gasteiger partial charge in [0, 0.05) is 10.9 Å². The predicted molar refractivity (Wildman–Crippen MR) is 81.9 cm³/mol. The van der Waals surface area contributed by atoms with Gasteiger partial charge in [-0.25, -0.2) is 9.78 Å². The van der Waals surface area contributed by atoms with Crippen LogP contribution in [0.15, 0.2) is 51.8 Å². The third kappa shape index (κ3) is 3.17. The molecule has 0 atom stereocenters. The number of methoxy groups -OCH3 is 1. The van der Waals surface area contributed by atoms with Crippen molar-refractivity contribution in [3.63, 3.8) is 0 Å². The average molecular weight is 315 g/mol. The Balaban J connectivity index is 1.64. The van der Waals surface area contributed by atoms with Crippen LogP contribution in [-0.4, -0.2) is 18.1 Å². The minimum atomic E-state index is -0.366. The lowest BCUT2D eigenvalue weighted by Crippen LogP contribution is -2.03. The first-order valence-electron chi connectivity index (χ1n) is 6.54. The van der Waals surface area contributed by atoms with Gasteiger partial charge in [0.2, 0.25) is 5.89 Å². The molecule has 0 fully saturated rings. The summed E-state index contributed by atoms with van der Waals surface area (Å²) in [4.78, 5) is 16.0. The summed E-state index contributed by atoms with van der Waals surface area (Å²) in [6.45, 7) is 0.0777. The summed E-state index contributed by atoms with van der Waals surface area (Å²) < 4.78 is 15.7. The van der Waals surface area contributed by atoms with Gasteiger partial charge in [-0.3, -0.25) is 0 Å². The van der Waals surface area contributed by atoms with Gasteiger partial charge in [0.15, 0.2) is 0 Å². The molecule has 3 rings (SSSR count). The number of thiophene rings is 1. The van der Waals surface area contributed by atoms with Crippen LogP contribution in [-0.2, 0) is 11.3 Å². The highest BCUT2D eigenvalue weighted by Gasteiger charge is 2.11. The van der Waals surface area contributed by atoms with E-state index in [1.807, 2.05) is 29.6 Å². The van der Waals surface area contributed by atoms with Gasteiger partial charge >= 0.3 is 5.97 Å². The van der Waals surface area contributed by atoms with Crippen LogP contribution >= 0.6 is 11.3 Å². The maximum Gasteiger partial charge on any atom is 0.339 e. The molecular weight excluding hydrogens is 302 g/mol. The van der Waals surface area contributed by atoms with Gasteiger partial charge in [0.05, 0.1) is 12.7 Å². The van der Waals surface area contributed by atoms with Crippen molar-refractivity contribution in [2.45, 2.75) is 6.61 Å². The van der Waals surface area contributed by atoms with Gasteiger partial charge in [0.25, 0.3) is 0 Å². The van der Waals surface area contributed by atoms with Crippen LogP contribution in [0, 0.1) is 0 Å². The summed E-state index contributed by atoms with van der Waals surface area (Å²) in [5.41, 5.74) is 1.94. The molecule has 3 aromatic rings. The summed E-state index contributed by atoms with van der Waals surface area (Å²) in [7, 11) is 1.61. The van der Waals surface area contributed by atoms with Crippen LogP contribution < -0.4 is 4.74 Å². The fourth-order valence-corrected chi connectivity index (χ4v) is 2.47. The molecule has 0 amide bonds. The van der Waals surface area contributed by atoms with E-state index in [4.69, 9.17) is 13.9 Å². The number of hydrogen-bond acceptors (Lipinski definition) is 6. The number of ether oxygens (including phenoxy) is 2. The SMILES string of the molecule is COc1ccc(-c2nc(COC(=O)c3ccsc3)co2)cc1. The van der Waals surface area contributed by atoms with Crippen LogP contribution in [0.5, 0.6) is 5.75 Å². The smallest absolute Gasteiger partial charge is 0.339 e. The fraction of sp³-hybridized carbons (Fsp3) is 0.125. The van der Waals surface area contributed by atoms with E-state index in [0.29, 0.717) is 17.1 Å². The lowest BCUT2D eigenvalue weighted by Gasteiger charge is -2.00. The van der Waals surface area contributed by atoms with E-state index < -0.39 is 0 Å². The van der Waals surface area contributed by atoms with E-state index in [1.54, 1.807) is 18.6 Å². The Kier molecular flexibility index (Phi) is 4.20. The van der Waals surface area contributed by atoms with Crippen molar-refractivity contribution in [1.29, 1.82) is 0 Å². The van der Waals surface area contributed by atoms with E-state index in [9.17, 15) is 4.79 Å². The molecule has 0 aliphatic rings. The highest BCUT2D eigenvalue weighted by atomic mass is 32.1. The van der Waals surface area contributed by atoms with E-state index >= 15 is 0 Å². The van der Waals surface area contributed by atoms with Gasteiger partial charge in [-0.1, -0.05) is 0 Å². The van der Waals surface area contributed by atoms with Gasteiger partial charge in [0.1, 0.15) is 24.3 Å². The molecule has 112 valence electrons. The maximum absolute atomic E-state index is 11.7. The Hall–Kier alpha value is -2.60. The molecule has 0 saturated carbocycles. The minimum absolute atomic E-state index is 0.0777. The molecule has 2 aromatic heterocycles. The van der Waals surface area contributed by atoms with Crippen molar-refractivity contribution in [2.24, 2.45) is 0 Å². The predicted octanol–water partition coefficient (Wildman–Crippen LogP) is 3.77. The normalized spacial score (nSPS) is 10.4. The van der Waals surface area contributed by atoms with E-state index in [1.165, 1.54) is 17.6 Å². The fourth-order valence-electron chi connectivity index (χ4n) is 1.84. The molecule has 5 nitrogen and oxygen atoms in total. The van der Waals surface area contributed by atoms with Crippen LogP contribution in [0.2, 0.25) is 0 Å². The zero-order valence-electron chi connectivity index (χ0n) is 11.8. The van der Waals surface area contributed by atoms with Gasteiger partial charge < -0.3 is 13.9 Å². The Morgan fingerprint density at radius 2 is 2.09 bits per heavy atom. The number of rotatable bonds is 5. The first kappa shape index (κ1) is 14.3. The number of nitrogens with zero attached hydrogens (tertiary/aromatic N) is 1. The maximum atomic E-state index is 11.7. The molecular formula is C16H13NO4S. The molecule has 0 unspecified atom stereocenters. The molecule has 0 bridgehead atoms. The first-order chi connectivity index (χ1) is 10.8. The number of benzene rings is 1. The molecule has 0 spiro atoms. The number of carbonyl (C=O) groups is 1. The lowest BCUT2D eigenvalue weighted by molar-refractivity contribution is 0.0468. The van der Waals surface area contributed by atoms with Crippen LogP contribution in [0.25, 0.3) is 11.5 Å². The summed E-state index contributed by atoms with van der Waals surface area (Å²) in [5.74, 6) is 0.875. The molecule has 22 heavy (non-hydrogen) atoms. The quantitative estimate of drug-likeness (QED) is 0.671.